The number of hydrogen-bond acceptors (Lipinski definition) is 3. The van der Waals surface area contributed by atoms with E-state index in [0.29, 0.717) is 25.9 Å². The molecule has 5 heteroatoms. The zero-order valence-electron chi connectivity index (χ0n) is 14.4. The number of amides is 2. The van der Waals surface area contributed by atoms with Crippen LogP contribution in [0.5, 0.6) is 0 Å². The lowest BCUT2D eigenvalue weighted by Gasteiger charge is -2.26. The third-order valence-corrected chi connectivity index (χ3v) is 4.30. The number of hydrogen-bond donors (Lipinski definition) is 2. The first kappa shape index (κ1) is 18.5. The van der Waals surface area contributed by atoms with Crippen LogP contribution in [-0.2, 0) is 16.0 Å². The lowest BCUT2D eigenvalue weighted by Crippen LogP contribution is -2.34. The number of carbonyl (C=O) groups is 2. The molecule has 0 atom stereocenters. The maximum Gasteiger partial charge on any atom is 0.224 e. The van der Waals surface area contributed by atoms with E-state index in [1.807, 2.05) is 30.3 Å². The molecule has 5 nitrogen and oxygen atoms in total. The van der Waals surface area contributed by atoms with Crippen LogP contribution in [0.15, 0.2) is 30.3 Å². The maximum absolute atomic E-state index is 11.8. The molecule has 1 fully saturated rings. The molecule has 24 heavy (non-hydrogen) atoms. The van der Waals surface area contributed by atoms with E-state index in [-0.39, 0.29) is 11.8 Å². The van der Waals surface area contributed by atoms with Crippen molar-refractivity contribution < 1.29 is 9.59 Å². The highest BCUT2D eigenvalue weighted by molar-refractivity contribution is 5.80. The summed E-state index contributed by atoms with van der Waals surface area (Å²) in [6, 6.07) is 9.61. The fourth-order valence-corrected chi connectivity index (χ4v) is 2.96. The van der Waals surface area contributed by atoms with Gasteiger partial charge >= 0.3 is 0 Å². The predicted octanol–water partition coefficient (Wildman–Crippen LogP) is 1.73. The molecule has 0 spiro atoms. The van der Waals surface area contributed by atoms with Gasteiger partial charge < -0.3 is 15.5 Å². The van der Waals surface area contributed by atoms with Crippen molar-refractivity contribution >= 4 is 11.8 Å². The summed E-state index contributed by atoms with van der Waals surface area (Å²) >= 11 is 0. The van der Waals surface area contributed by atoms with Gasteiger partial charge in [0.05, 0.1) is 6.42 Å². The summed E-state index contributed by atoms with van der Waals surface area (Å²) < 4.78 is 0. The van der Waals surface area contributed by atoms with Crippen molar-refractivity contribution in [2.45, 2.75) is 38.5 Å². The highest BCUT2D eigenvalue weighted by Crippen LogP contribution is 2.08. The third-order valence-electron chi connectivity index (χ3n) is 4.30. The van der Waals surface area contributed by atoms with Gasteiger partial charge in [0.25, 0.3) is 0 Å². The van der Waals surface area contributed by atoms with Crippen molar-refractivity contribution in [3.05, 3.63) is 35.9 Å². The van der Waals surface area contributed by atoms with E-state index in [0.717, 1.165) is 18.5 Å². The molecular formula is C19H29N3O2. The van der Waals surface area contributed by atoms with Gasteiger partial charge in [-0.15, -0.1) is 0 Å². The largest absolute Gasteiger partial charge is 0.356 e. The van der Waals surface area contributed by atoms with E-state index in [4.69, 9.17) is 0 Å². The number of piperidine rings is 1. The van der Waals surface area contributed by atoms with Gasteiger partial charge in [0.15, 0.2) is 0 Å². The number of benzene rings is 1. The molecule has 2 N–H and O–H groups in total. The third kappa shape index (κ3) is 7.59. The Kier molecular flexibility index (Phi) is 8.32. The number of carbonyl (C=O) groups excluding carboxylic acids is 2. The number of nitrogens with one attached hydrogen (secondary N) is 2. The van der Waals surface area contributed by atoms with Crippen LogP contribution in [0.1, 0.15) is 37.7 Å². The van der Waals surface area contributed by atoms with Gasteiger partial charge in [-0.1, -0.05) is 36.8 Å². The van der Waals surface area contributed by atoms with Crippen LogP contribution in [-0.4, -0.2) is 49.4 Å². The highest BCUT2D eigenvalue weighted by Gasteiger charge is 2.09. The number of likely N-dealkylation sites (tertiary alicyclic amines) is 1. The Labute approximate surface area is 144 Å². The first-order valence-electron chi connectivity index (χ1n) is 9.04. The van der Waals surface area contributed by atoms with Crippen molar-refractivity contribution in [2.75, 3.05) is 32.7 Å². The Bertz CT molecular complexity index is 499. The minimum absolute atomic E-state index is 0.00801. The highest BCUT2D eigenvalue weighted by atomic mass is 16.2. The minimum atomic E-state index is -0.0425. The molecular weight excluding hydrogens is 302 g/mol. The molecule has 0 unspecified atom stereocenters. The number of rotatable bonds is 9. The van der Waals surface area contributed by atoms with E-state index in [1.165, 1.54) is 32.4 Å². The Balaban J connectivity index is 1.48. The molecule has 0 radical (unpaired) electrons. The fraction of sp³-hybridized carbons (Fsp3) is 0.579. The van der Waals surface area contributed by atoms with E-state index < -0.39 is 0 Å². The van der Waals surface area contributed by atoms with Gasteiger partial charge in [-0.05, 0) is 44.5 Å². The van der Waals surface area contributed by atoms with Crippen LogP contribution in [0, 0.1) is 0 Å². The van der Waals surface area contributed by atoms with Gasteiger partial charge in [0, 0.05) is 19.5 Å². The second-order valence-electron chi connectivity index (χ2n) is 6.37. The average molecular weight is 331 g/mol. The maximum atomic E-state index is 11.8. The molecule has 0 aromatic heterocycles. The SMILES string of the molecule is O=C(CCNC(=O)Cc1ccccc1)NCCCN1CCCCC1. The second-order valence-corrected chi connectivity index (χ2v) is 6.37. The molecule has 132 valence electrons. The molecule has 0 bridgehead atoms. The summed E-state index contributed by atoms with van der Waals surface area (Å²) in [5.41, 5.74) is 0.983. The molecule has 1 aliphatic rings. The van der Waals surface area contributed by atoms with Gasteiger partial charge in [0.2, 0.25) is 11.8 Å². The summed E-state index contributed by atoms with van der Waals surface area (Å²) in [5.74, 6) is -0.0345. The van der Waals surface area contributed by atoms with E-state index in [9.17, 15) is 9.59 Å². The Morgan fingerprint density at radius 1 is 0.917 bits per heavy atom. The molecule has 2 amide bonds. The molecule has 0 saturated carbocycles. The van der Waals surface area contributed by atoms with Crippen molar-refractivity contribution in [1.29, 1.82) is 0 Å². The molecule has 1 saturated heterocycles. The van der Waals surface area contributed by atoms with Crippen LogP contribution < -0.4 is 10.6 Å². The Morgan fingerprint density at radius 2 is 1.62 bits per heavy atom. The quantitative estimate of drug-likeness (QED) is 0.678. The van der Waals surface area contributed by atoms with Gasteiger partial charge in [0.1, 0.15) is 0 Å². The van der Waals surface area contributed by atoms with Crippen molar-refractivity contribution in [2.24, 2.45) is 0 Å². The summed E-state index contributed by atoms with van der Waals surface area (Å²) in [5, 5.41) is 5.72. The fourth-order valence-electron chi connectivity index (χ4n) is 2.96. The molecule has 2 rings (SSSR count). The molecule has 1 aliphatic heterocycles. The van der Waals surface area contributed by atoms with Gasteiger partial charge in [-0.25, -0.2) is 0 Å². The number of nitrogens with zero attached hydrogens (tertiary/aromatic N) is 1. The first-order valence-corrected chi connectivity index (χ1v) is 9.04. The normalized spacial score (nSPS) is 15.0. The summed E-state index contributed by atoms with van der Waals surface area (Å²) in [7, 11) is 0. The Morgan fingerprint density at radius 3 is 2.38 bits per heavy atom. The summed E-state index contributed by atoms with van der Waals surface area (Å²) in [6.45, 7) is 4.56. The zero-order chi connectivity index (χ0) is 17.0. The lowest BCUT2D eigenvalue weighted by molar-refractivity contribution is -0.122. The Hall–Kier alpha value is -1.88. The van der Waals surface area contributed by atoms with Crippen LogP contribution in [0.25, 0.3) is 0 Å². The van der Waals surface area contributed by atoms with Crippen LogP contribution in [0.2, 0.25) is 0 Å². The lowest BCUT2D eigenvalue weighted by atomic mass is 10.1. The predicted molar refractivity (Wildman–Crippen MR) is 95.7 cm³/mol. The van der Waals surface area contributed by atoms with Crippen LogP contribution in [0.4, 0.5) is 0 Å². The van der Waals surface area contributed by atoms with Crippen molar-refractivity contribution in [3.8, 4) is 0 Å². The summed E-state index contributed by atoms with van der Waals surface area (Å²) in [4.78, 5) is 26.0. The van der Waals surface area contributed by atoms with Gasteiger partial charge in [-0.2, -0.15) is 0 Å². The summed E-state index contributed by atoms with van der Waals surface area (Å²) in [6.07, 6.45) is 5.64. The smallest absolute Gasteiger partial charge is 0.224 e. The first-order chi connectivity index (χ1) is 11.7. The standard InChI is InChI=1S/C19H29N3O2/c23-18(20-11-7-15-22-13-5-2-6-14-22)10-12-21-19(24)16-17-8-3-1-4-9-17/h1,3-4,8-9H,2,5-7,10-16H2,(H,20,23)(H,21,24). The monoisotopic (exact) mass is 331 g/mol. The van der Waals surface area contributed by atoms with E-state index in [1.54, 1.807) is 0 Å². The topological polar surface area (TPSA) is 61.4 Å². The molecule has 1 aromatic rings. The molecule has 0 aliphatic carbocycles. The van der Waals surface area contributed by atoms with Crippen LogP contribution in [0.3, 0.4) is 0 Å². The zero-order valence-corrected chi connectivity index (χ0v) is 14.4. The molecule has 1 heterocycles. The van der Waals surface area contributed by atoms with Crippen LogP contribution >= 0.6 is 0 Å². The van der Waals surface area contributed by atoms with Crippen molar-refractivity contribution in [3.63, 3.8) is 0 Å². The van der Waals surface area contributed by atoms with E-state index >= 15 is 0 Å². The van der Waals surface area contributed by atoms with E-state index in [2.05, 4.69) is 15.5 Å². The molecule has 1 aromatic carbocycles. The van der Waals surface area contributed by atoms with Crippen molar-refractivity contribution in [1.82, 2.24) is 15.5 Å². The second kappa shape index (κ2) is 10.8. The minimum Gasteiger partial charge on any atom is -0.356 e. The average Bonchev–Trinajstić information content (AvgIpc) is 2.60. The van der Waals surface area contributed by atoms with Gasteiger partial charge in [-0.3, -0.25) is 9.59 Å².